The molecule has 2 atom stereocenters. The van der Waals surface area contributed by atoms with Gasteiger partial charge in [-0.15, -0.1) is 0 Å². The van der Waals surface area contributed by atoms with Crippen LogP contribution in [0.4, 0.5) is 0 Å². The molecule has 0 heterocycles. The van der Waals surface area contributed by atoms with E-state index in [9.17, 15) is 9.59 Å². The number of rotatable bonds is 2. The summed E-state index contributed by atoms with van der Waals surface area (Å²) in [7, 11) is 1.36. The van der Waals surface area contributed by atoms with E-state index in [0.29, 0.717) is 12.8 Å². The van der Waals surface area contributed by atoms with Gasteiger partial charge in [-0.05, 0) is 26.7 Å². The van der Waals surface area contributed by atoms with Crippen molar-refractivity contribution in [1.82, 2.24) is 0 Å². The van der Waals surface area contributed by atoms with E-state index in [0.717, 1.165) is 0 Å². The number of esters is 1. The highest BCUT2D eigenvalue weighted by Crippen LogP contribution is 2.40. The van der Waals surface area contributed by atoms with Gasteiger partial charge >= 0.3 is 5.97 Å². The molecule has 15 heavy (non-hydrogen) atoms. The minimum Gasteiger partial charge on any atom is -0.468 e. The fraction of sp³-hybridized carbons (Fsp3) is 0.636. The van der Waals surface area contributed by atoms with Gasteiger partial charge in [-0.25, -0.2) is 0 Å². The summed E-state index contributed by atoms with van der Waals surface area (Å²) in [6.07, 6.45) is 4.60. The first kappa shape index (κ1) is 11.8. The number of nitrogens with two attached hydrogens (primary N) is 1. The van der Waals surface area contributed by atoms with Crippen molar-refractivity contribution in [3.63, 3.8) is 0 Å². The monoisotopic (exact) mass is 211 g/mol. The molecule has 4 nitrogen and oxygen atoms in total. The first-order valence-corrected chi connectivity index (χ1v) is 4.93. The third-order valence-corrected chi connectivity index (χ3v) is 3.20. The Morgan fingerprint density at radius 1 is 1.20 bits per heavy atom. The molecular weight excluding hydrogens is 194 g/mol. The number of carbonyl (C=O) groups excluding carboxylic acids is 2. The second kappa shape index (κ2) is 3.68. The lowest BCUT2D eigenvalue weighted by molar-refractivity contribution is -0.150. The van der Waals surface area contributed by atoms with Crippen molar-refractivity contribution in [1.29, 1.82) is 0 Å². The van der Waals surface area contributed by atoms with Crippen LogP contribution < -0.4 is 5.73 Å². The molecule has 0 aliphatic heterocycles. The molecule has 0 spiro atoms. The lowest BCUT2D eigenvalue weighted by Gasteiger charge is -2.34. The van der Waals surface area contributed by atoms with Gasteiger partial charge in [0.25, 0.3) is 0 Å². The second-order valence-corrected chi connectivity index (χ2v) is 4.52. The van der Waals surface area contributed by atoms with Gasteiger partial charge in [0.15, 0.2) is 0 Å². The quantitative estimate of drug-likeness (QED) is 0.547. The summed E-state index contributed by atoms with van der Waals surface area (Å²) in [5, 5.41) is 0. The van der Waals surface area contributed by atoms with Crippen molar-refractivity contribution in [2.24, 2.45) is 16.6 Å². The van der Waals surface area contributed by atoms with Gasteiger partial charge in [-0.2, -0.15) is 0 Å². The molecule has 4 heteroatoms. The van der Waals surface area contributed by atoms with E-state index in [4.69, 9.17) is 10.5 Å². The highest BCUT2D eigenvalue weighted by Gasteiger charge is 2.41. The largest absolute Gasteiger partial charge is 0.468 e. The average Bonchev–Trinajstić information content (AvgIpc) is 2.21. The van der Waals surface area contributed by atoms with Crippen molar-refractivity contribution < 1.29 is 14.3 Å². The summed E-state index contributed by atoms with van der Waals surface area (Å²) in [4.78, 5) is 22.7. The fourth-order valence-corrected chi connectivity index (χ4v) is 1.66. The number of hydrogen-bond donors (Lipinski definition) is 1. The van der Waals surface area contributed by atoms with Gasteiger partial charge in [0.05, 0.1) is 17.9 Å². The molecular formula is C11H17NO3. The number of primary amides is 1. The number of carbonyl (C=O) groups is 2. The zero-order valence-electron chi connectivity index (χ0n) is 9.37. The molecule has 0 aromatic carbocycles. The van der Waals surface area contributed by atoms with Gasteiger partial charge in [0.1, 0.15) is 0 Å². The molecule has 0 bridgehead atoms. The molecule has 0 fully saturated rings. The molecule has 0 radical (unpaired) electrons. The minimum absolute atomic E-state index is 0.273. The summed E-state index contributed by atoms with van der Waals surface area (Å²) in [6, 6.07) is 0. The summed E-state index contributed by atoms with van der Waals surface area (Å²) in [5.41, 5.74) is 4.04. The molecule has 2 unspecified atom stereocenters. The fourth-order valence-electron chi connectivity index (χ4n) is 1.66. The second-order valence-electron chi connectivity index (χ2n) is 4.52. The Morgan fingerprint density at radius 3 is 2.00 bits per heavy atom. The highest BCUT2D eigenvalue weighted by atomic mass is 16.5. The molecule has 1 aliphatic rings. The molecule has 1 amide bonds. The summed E-state index contributed by atoms with van der Waals surface area (Å²) in [5.74, 6) is -0.629. The van der Waals surface area contributed by atoms with Gasteiger partial charge in [-0.1, -0.05) is 12.2 Å². The van der Waals surface area contributed by atoms with Crippen LogP contribution in [0.15, 0.2) is 12.2 Å². The first-order chi connectivity index (χ1) is 6.84. The normalized spacial score (nSPS) is 34.9. The zero-order chi connectivity index (χ0) is 11.7. The SMILES string of the molecule is COC(=O)C1(C)C=CC(C)(C(N)=O)CC1. The van der Waals surface area contributed by atoms with Crippen molar-refractivity contribution >= 4 is 11.9 Å². The maximum atomic E-state index is 11.5. The Kier molecular flexibility index (Phi) is 2.88. The van der Waals surface area contributed by atoms with Gasteiger partial charge in [0.2, 0.25) is 5.91 Å². The van der Waals surface area contributed by atoms with Crippen LogP contribution in [0.3, 0.4) is 0 Å². The van der Waals surface area contributed by atoms with Crippen LogP contribution in [0, 0.1) is 10.8 Å². The molecule has 2 N–H and O–H groups in total. The highest BCUT2D eigenvalue weighted by molar-refractivity contribution is 5.84. The smallest absolute Gasteiger partial charge is 0.315 e. The lowest BCUT2D eigenvalue weighted by Crippen LogP contribution is -2.39. The van der Waals surface area contributed by atoms with E-state index in [1.807, 2.05) is 0 Å². The maximum absolute atomic E-state index is 11.5. The van der Waals surface area contributed by atoms with Crippen molar-refractivity contribution in [2.45, 2.75) is 26.7 Å². The third-order valence-electron chi connectivity index (χ3n) is 3.20. The number of hydrogen-bond acceptors (Lipinski definition) is 3. The molecule has 0 aromatic rings. The molecule has 0 saturated heterocycles. The minimum atomic E-state index is -0.631. The van der Waals surface area contributed by atoms with Crippen LogP contribution in [-0.2, 0) is 14.3 Å². The molecule has 0 aromatic heterocycles. The Morgan fingerprint density at radius 2 is 1.67 bits per heavy atom. The van der Waals surface area contributed by atoms with Crippen LogP contribution in [0.2, 0.25) is 0 Å². The Hall–Kier alpha value is -1.32. The molecule has 84 valence electrons. The van der Waals surface area contributed by atoms with Gasteiger partial charge in [0, 0.05) is 0 Å². The summed E-state index contributed by atoms with van der Waals surface area (Å²) < 4.78 is 4.71. The van der Waals surface area contributed by atoms with Crippen molar-refractivity contribution in [3.8, 4) is 0 Å². The van der Waals surface area contributed by atoms with Crippen LogP contribution in [0.5, 0.6) is 0 Å². The first-order valence-electron chi connectivity index (χ1n) is 4.93. The van der Waals surface area contributed by atoms with Crippen LogP contribution in [0.25, 0.3) is 0 Å². The Balaban J connectivity index is 2.91. The van der Waals surface area contributed by atoms with Crippen LogP contribution in [0.1, 0.15) is 26.7 Å². The van der Waals surface area contributed by atoms with E-state index in [1.165, 1.54) is 7.11 Å². The number of amides is 1. The van der Waals surface area contributed by atoms with Gasteiger partial charge in [-0.3, -0.25) is 9.59 Å². The number of ether oxygens (including phenoxy) is 1. The third kappa shape index (κ3) is 2.03. The van der Waals surface area contributed by atoms with E-state index in [2.05, 4.69) is 0 Å². The van der Waals surface area contributed by atoms with Gasteiger partial charge < -0.3 is 10.5 Å². The molecule has 1 rings (SSSR count). The number of methoxy groups -OCH3 is 1. The molecule has 0 saturated carbocycles. The molecule has 1 aliphatic carbocycles. The van der Waals surface area contributed by atoms with E-state index in [-0.39, 0.29) is 11.9 Å². The standard InChI is InChI=1S/C11H17NO3/c1-10(8(12)13)4-6-11(2,7-5-10)9(14)15-3/h4,6H,5,7H2,1-3H3,(H2,12,13). The van der Waals surface area contributed by atoms with Crippen LogP contribution >= 0.6 is 0 Å². The van der Waals surface area contributed by atoms with E-state index in [1.54, 1.807) is 26.0 Å². The summed E-state index contributed by atoms with van der Waals surface area (Å²) >= 11 is 0. The topological polar surface area (TPSA) is 69.4 Å². The summed E-state index contributed by atoms with van der Waals surface area (Å²) in [6.45, 7) is 3.58. The maximum Gasteiger partial charge on any atom is 0.315 e. The van der Waals surface area contributed by atoms with E-state index < -0.39 is 10.8 Å². The average molecular weight is 211 g/mol. The zero-order valence-corrected chi connectivity index (χ0v) is 9.37. The van der Waals surface area contributed by atoms with Crippen molar-refractivity contribution in [3.05, 3.63) is 12.2 Å². The predicted molar refractivity (Wildman–Crippen MR) is 55.8 cm³/mol. The van der Waals surface area contributed by atoms with Crippen molar-refractivity contribution in [2.75, 3.05) is 7.11 Å². The van der Waals surface area contributed by atoms with E-state index >= 15 is 0 Å². The Labute approximate surface area is 89.5 Å². The Bertz CT molecular complexity index is 324. The van der Waals surface area contributed by atoms with Crippen LogP contribution in [-0.4, -0.2) is 19.0 Å². The predicted octanol–water partition coefficient (Wildman–Crippen LogP) is 1.01. The lowest BCUT2D eigenvalue weighted by atomic mass is 9.70.